The van der Waals surface area contributed by atoms with E-state index in [0.717, 1.165) is 27.6 Å². The Hall–Kier alpha value is -1.81. The molecule has 90 valence electrons. The lowest BCUT2D eigenvalue weighted by Gasteiger charge is -2.05. The summed E-state index contributed by atoms with van der Waals surface area (Å²) in [5.41, 5.74) is 9.05. The molecule has 0 amide bonds. The van der Waals surface area contributed by atoms with Gasteiger partial charge in [-0.15, -0.1) is 0 Å². The quantitative estimate of drug-likeness (QED) is 0.737. The number of benzene rings is 2. The SMILES string of the molecule is Nc1c(Br)ccc2c1cnn2Cc1ccccc1. The van der Waals surface area contributed by atoms with Crippen LogP contribution in [-0.4, -0.2) is 9.78 Å². The van der Waals surface area contributed by atoms with Gasteiger partial charge in [-0.2, -0.15) is 5.10 Å². The molecule has 18 heavy (non-hydrogen) atoms. The van der Waals surface area contributed by atoms with Gasteiger partial charge in [0.2, 0.25) is 0 Å². The maximum atomic E-state index is 6.02. The van der Waals surface area contributed by atoms with Crippen LogP contribution in [0.4, 0.5) is 5.69 Å². The van der Waals surface area contributed by atoms with Crippen LogP contribution in [0.5, 0.6) is 0 Å². The molecule has 0 saturated carbocycles. The average molecular weight is 302 g/mol. The maximum absolute atomic E-state index is 6.02. The fraction of sp³-hybridized carbons (Fsp3) is 0.0714. The first kappa shape index (κ1) is 11.3. The standard InChI is InChI=1S/C14H12BrN3/c15-12-6-7-13-11(14(12)16)8-17-18(13)9-10-4-2-1-3-5-10/h1-8H,9,16H2. The summed E-state index contributed by atoms with van der Waals surface area (Å²) in [6.45, 7) is 0.755. The zero-order valence-corrected chi connectivity index (χ0v) is 11.3. The second-order valence-corrected chi connectivity index (χ2v) is 5.04. The van der Waals surface area contributed by atoms with Crippen molar-refractivity contribution in [3.63, 3.8) is 0 Å². The van der Waals surface area contributed by atoms with E-state index in [1.807, 2.05) is 41.2 Å². The highest BCUT2D eigenvalue weighted by Crippen LogP contribution is 2.28. The first-order valence-electron chi connectivity index (χ1n) is 5.69. The van der Waals surface area contributed by atoms with E-state index in [1.165, 1.54) is 5.56 Å². The molecule has 0 unspecified atom stereocenters. The predicted molar refractivity (Wildman–Crippen MR) is 77.4 cm³/mol. The molecule has 1 heterocycles. The molecule has 0 fully saturated rings. The third-order valence-electron chi connectivity index (χ3n) is 2.99. The molecular weight excluding hydrogens is 290 g/mol. The summed E-state index contributed by atoms with van der Waals surface area (Å²) in [6, 6.07) is 14.3. The van der Waals surface area contributed by atoms with Crippen molar-refractivity contribution in [1.29, 1.82) is 0 Å². The maximum Gasteiger partial charge on any atom is 0.0708 e. The highest BCUT2D eigenvalue weighted by molar-refractivity contribution is 9.10. The number of hydrogen-bond acceptors (Lipinski definition) is 2. The molecule has 3 rings (SSSR count). The van der Waals surface area contributed by atoms with E-state index in [1.54, 1.807) is 0 Å². The van der Waals surface area contributed by atoms with E-state index < -0.39 is 0 Å². The van der Waals surface area contributed by atoms with Gasteiger partial charge in [-0.05, 0) is 33.6 Å². The van der Waals surface area contributed by atoms with Crippen molar-refractivity contribution in [2.45, 2.75) is 6.54 Å². The second-order valence-electron chi connectivity index (χ2n) is 4.18. The largest absolute Gasteiger partial charge is 0.397 e. The fourth-order valence-electron chi connectivity index (χ4n) is 2.03. The number of nitrogens with two attached hydrogens (primary N) is 1. The van der Waals surface area contributed by atoms with Crippen LogP contribution in [0.25, 0.3) is 10.9 Å². The van der Waals surface area contributed by atoms with Gasteiger partial charge in [-0.25, -0.2) is 0 Å². The molecule has 3 aromatic rings. The van der Waals surface area contributed by atoms with E-state index in [4.69, 9.17) is 5.73 Å². The van der Waals surface area contributed by atoms with E-state index in [0.29, 0.717) is 0 Å². The van der Waals surface area contributed by atoms with Crippen LogP contribution in [0.15, 0.2) is 53.1 Å². The number of nitrogen functional groups attached to an aromatic ring is 1. The lowest BCUT2D eigenvalue weighted by molar-refractivity contribution is 0.712. The molecule has 3 nitrogen and oxygen atoms in total. The molecule has 0 radical (unpaired) electrons. The van der Waals surface area contributed by atoms with Gasteiger partial charge in [0.15, 0.2) is 0 Å². The van der Waals surface area contributed by atoms with Crippen molar-refractivity contribution in [2.75, 3.05) is 5.73 Å². The molecule has 2 N–H and O–H groups in total. The lowest BCUT2D eigenvalue weighted by Crippen LogP contribution is -2.01. The van der Waals surface area contributed by atoms with Crippen molar-refractivity contribution in [2.24, 2.45) is 0 Å². The second kappa shape index (κ2) is 4.46. The molecule has 4 heteroatoms. The Balaban J connectivity index is 2.06. The van der Waals surface area contributed by atoms with Gasteiger partial charge in [0.25, 0.3) is 0 Å². The van der Waals surface area contributed by atoms with Gasteiger partial charge in [-0.3, -0.25) is 4.68 Å². The molecule has 0 saturated heterocycles. The Bertz CT molecular complexity index is 689. The Morgan fingerprint density at radius 1 is 1.11 bits per heavy atom. The molecular formula is C14H12BrN3. The monoisotopic (exact) mass is 301 g/mol. The first-order chi connectivity index (χ1) is 8.75. The van der Waals surface area contributed by atoms with Crippen LogP contribution in [0, 0.1) is 0 Å². The third kappa shape index (κ3) is 1.88. The van der Waals surface area contributed by atoms with E-state index in [9.17, 15) is 0 Å². The summed E-state index contributed by atoms with van der Waals surface area (Å²) >= 11 is 3.43. The highest BCUT2D eigenvalue weighted by Gasteiger charge is 2.08. The van der Waals surface area contributed by atoms with Crippen LogP contribution in [0.3, 0.4) is 0 Å². The van der Waals surface area contributed by atoms with E-state index in [2.05, 4.69) is 33.2 Å². The average Bonchev–Trinajstić information content (AvgIpc) is 2.79. The molecule has 0 spiro atoms. The molecule has 0 bridgehead atoms. The number of fused-ring (bicyclic) bond motifs is 1. The molecule has 1 aromatic heterocycles. The Morgan fingerprint density at radius 3 is 2.67 bits per heavy atom. The lowest BCUT2D eigenvalue weighted by atomic mass is 10.2. The van der Waals surface area contributed by atoms with Gasteiger partial charge >= 0.3 is 0 Å². The number of aromatic nitrogens is 2. The zero-order valence-electron chi connectivity index (χ0n) is 9.68. The van der Waals surface area contributed by atoms with Crippen LogP contribution < -0.4 is 5.73 Å². The summed E-state index contributed by atoms with van der Waals surface area (Å²) in [6.07, 6.45) is 1.82. The minimum Gasteiger partial charge on any atom is -0.397 e. The number of halogens is 1. The van der Waals surface area contributed by atoms with Crippen molar-refractivity contribution in [3.05, 3.63) is 58.7 Å². The van der Waals surface area contributed by atoms with Crippen molar-refractivity contribution in [3.8, 4) is 0 Å². The molecule has 0 aliphatic carbocycles. The van der Waals surface area contributed by atoms with Crippen molar-refractivity contribution >= 4 is 32.5 Å². The van der Waals surface area contributed by atoms with Gasteiger partial charge in [0.05, 0.1) is 23.9 Å². The van der Waals surface area contributed by atoms with Crippen molar-refractivity contribution < 1.29 is 0 Å². The van der Waals surface area contributed by atoms with E-state index >= 15 is 0 Å². The minimum absolute atomic E-state index is 0.742. The van der Waals surface area contributed by atoms with E-state index in [-0.39, 0.29) is 0 Å². The summed E-state index contributed by atoms with van der Waals surface area (Å²) < 4.78 is 2.88. The molecule has 2 aromatic carbocycles. The smallest absolute Gasteiger partial charge is 0.0708 e. The van der Waals surface area contributed by atoms with Crippen LogP contribution >= 0.6 is 15.9 Å². The van der Waals surface area contributed by atoms with Crippen molar-refractivity contribution in [1.82, 2.24) is 9.78 Å². The fourth-order valence-corrected chi connectivity index (χ4v) is 2.38. The minimum atomic E-state index is 0.742. The molecule has 0 aliphatic rings. The summed E-state index contributed by atoms with van der Waals surface area (Å²) in [5, 5.41) is 5.39. The topological polar surface area (TPSA) is 43.8 Å². The van der Waals surface area contributed by atoms with Gasteiger partial charge < -0.3 is 5.73 Å². The summed E-state index contributed by atoms with van der Waals surface area (Å²) in [4.78, 5) is 0. The van der Waals surface area contributed by atoms with Crippen LogP contribution in [-0.2, 0) is 6.54 Å². The van der Waals surface area contributed by atoms with Gasteiger partial charge in [0, 0.05) is 9.86 Å². The first-order valence-corrected chi connectivity index (χ1v) is 6.48. The number of rotatable bonds is 2. The Morgan fingerprint density at radius 2 is 1.89 bits per heavy atom. The Labute approximate surface area is 113 Å². The van der Waals surface area contributed by atoms with Gasteiger partial charge in [0.1, 0.15) is 0 Å². The summed E-state index contributed by atoms with van der Waals surface area (Å²) in [7, 11) is 0. The normalized spacial score (nSPS) is 10.9. The predicted octanol–water partition coefficient (Wildman–Crippen LogP) is 3.43. The van der Waals surface area contributed by atoms with Crippen LogP contribution in [0.2, 0.25) is 0 Å². The molecule has 0 atom stereocenters. The van der Waals surface area contributed by atoms with Gasteiger partial charge in [-0.1, -0.05) is 30.3 Å². The summed E-state index contributed by atoms with van der Waals surface area (Å²) in [5.74, 6) is 0. The Kier molecular flexibility index (Phi) is 2.80. The number of nitrogens with zero attached hydrogens (tertiary/aromatic N) is 2. The third-order valence-corrected chi connectivity index (χ3v) is 3.68. The number of anilines is 1. The zero-order chi connectivity index (χ0) is 12.5. The number of hydrogen-bond donors (Lipinski definition) is 1. The van der Waals surface area contributed by atoms with Crippen LogP contribution in [0.1, 0.15) is 5.56 Å². The highest BCUT2D eigenvalue weighted by atomic mass is 79.9. The molecule has 0 aliphatic heterocycles.